The number of halogens is 10. The molecule has 23 heavy (non-hydrogen) atoms. The maximum Gasteiger partial charge on any atom is 0.431 e. The molecule has 0 bridgehead atoms. The molecular weight excluding hydrogens is 350 g/mol. The van der Waals surface area contributed by atoms with E-state index < -0.39 is 55.3 Å². The van der Waals surface area contributed by atoms with Gasteiger partial charge in [-0.25, -0.2) is 4.39 Å². The van der Waals surface area contributed by atoms with Crippen LogP contribution in [0.2, 0.25) is 0 Å². The van der Waals surface area contributed by atoms with Crippen molar-refractivity contribution in [1.29, 1.82) is 10.5 Å². The predicted molar refractivity (Wildman–Crippen MR) is 54.1 cm³/mol. The van der Waals surface area contributed by atoms with Gasteiger partial charge in [0.05, 0.1) is 12.1 Å². The molecule has 0 aliphatic carbocycles. The van der Waals surface area contributed by atoms with Gasteiger partial charge in [-0.1, -0.05) is 0 Å². The van der Waals surface area contributed by atoms with E-state index in [-0.39, 0.29) is 0 Å². The van der Waals surface area contributed by atoms with Crippen molar-refractivity contribution < 1.29 is 43.9 Å². The largest absolute Gasteiger partial charge is 0.431 e. The Balaban J connectivity index is 5.41. The molecule has 12 heteroatoms. The van der Waals surface area contributed by atoms with Crippen molar-refractivity contribution >= 4 is 0 Å². The van der Waals surface area contributed by atoms with Crippen LogP contribution in [0.15, 0.2) is 0 Å². The average molecular weight is 358 g/mol. The van der Waals surface area contributed by atoms with E-state index in [2.05, 4.69) is 0 Å². The molecule has 0 aliphatic rings. The van der Waals surface area contributed by atoms with Crippen molar-refractivity contribution in [1.82, 2.24) is 0 Å². The molecule has 0 aliphatic heterocycles. The summed E-state index contributed by atoms with van der Waals surface area (Å²) < 4.78 is 123. The van der Waals surface area contributed by atoms with Crippen LogP contribution in [0.5, 0.6) is 0 Å². The van der Waals surface area contributed by atoms with Crippen molar-refractivity contribution in [2.75, 3.05) is 0 Å². The molecule has 2 nitrogen and oxygen atoms in total. The van der Waals surface area contributed by atoms with Crippen LogP contribution in [0.25, 0.3) is 0 Å². The molecule has 0 rings (SSSR count). The molecule has 0 N–H and O–H groups in total. The van der Waals surface area contributed by atoms with Gasteiger partial charge in [0.15, 0.2) is 0 Å². The molecule has 0 saturated carbocycles. The van der Waals surface area contributed by atoms with E-state index in [1.807, 2.05) is 0 Å². The lowest BCUT2D eigenvalue weighted by molar-refractivity contribution is -0.344. The van der Waals surface area contributed by atoms with Gasteiger partial charge in [0.2, 0.25) is 0 Å². The minimum absolute atomic E-state index is 0.951. The highest BCUT2D eigenvalue weighted by Gasteiger charge is 2.72. The van der Waals surface area contributed by atoms with E-state index in [1.165, 1.54) is 0 Å². The van der Waals surface area contributed by atoms with Crippen LogP contribution in [0, 0.1) is 28.1 Å². The number of rotatable bonds is 5. The fourth-order valence-corrected chi connectivity index (χ4v) is 1.56. The first-order valence-electron chi connectivity index (χ1n) is 5.75. The second kappa shape index (κ2) is 6.42. The number of nitriles is 2. The Hall–Kier alpha value is -1.72. The summed E-state index contributed by atoms with van der Waals surface area (Å²) in [6.45, 7) is 0. The van der Waals surface area contributed by atoms with Crippen molar-refractivity contribution in [3.05, 3.63) is 0 Å². The summed E-state index contributed by atoms with van der Waals surface area (Å²) >= 11 is 0. The molecule has 0 spiro atoms. The van der Waals surface area contributed by atoms with E-state index >= 15 is 0 Å². The molecule has 0 aromatic rings. The summed E-state index contributed by atoms with van der Waals surface area (Å²) in [5, 5.41) is 17.3. The molecule has 0 amide bonds. The normalized spacial score (nSPS) is 14.3. The fourth-order valence-electron chi connectivity index (χ4n) is 1.56. The standard InChI is InChI=1S/C11H8F10N2/c12-8(10(16,17)18,11(19,20)21)3-1-7(5-22,6-23)2-4-9(13,14)15/h1-4H2. The van der Waals surface area contributed by atoms with Crippen LogP contribution >= 0.6 is 0 Å². The lowest BCUT2D eigenvalue weighted by Gasteiger charge is -2.31. The van der Waals surface area contributed by atoms with Gasteiger partial charge in [-0.05, 0) is 12.8 Å². The van der Waals surface area contributed by atoms with E-state index in [9.17, 15) is 43.9 Å². The summed E-state index contributed by atoms with van der Waals surface area (Å²) in [6, 6.07) is 1.90. The Kier molecular flexibility index (Phi) is 5.94. The van der Waals surface area contributed by atoms with Crippen LogP contribution in [0.4, 0.5) is 43.9 Å². The van der Waals surface area contributed by atoms with Crippen molar-refractivity contribution in [3.63, 3.8) is 0 Å². The highest BCUT2D eigenvalue weighted by atomic mass is 19.4. The van der Waals surface area contributed by atoms with Crippen molar-refractivity contribution in [2.45, 2.75) is 49.9 Å². The van der Waals surface area contributed by atoms with Crippen molar-refractivity contribution in [3.8, 4) is 12.1 Å². The number of alkyl halides is 10. The van der Waals surface area contributed by atoms with E-state index in [1.54, 1.807) is 0 Å². The summed E-state index contributed by atoms with van der Waals surface area (Å²) in [7, 11) is 0. The minimum Gasteiger partial charge on any atom is -0.224 e. The second-order valence-corrected chi connectivity index (χ2v) is 4.72. The third-order valence-corrected chi connectivity index (χ3v) is 3.06. The summed E-state index contributed by atoms with van der Waals surface area (Å²) in [5.41, 5.74) is -8.54. The molecule has 0 fully saturated rings. The topological polar surface area (TPSA) is 47.6 Å². The minimum atomic E-state index is -6.40. The molecule has 132 valence electrons. The van der Waals surface area contributed by atoms with Gasteiger partial charge < -0.3 is 0 Å². The Morgan fingerprint density at radius 1 is 0.565 bits per heavy atom. The number of hydrogen-bond acceptors (Lipinski definition) is 2. The Morgan fingerprint density at radius 3 is 1.17 bits per heavy atom. The number of nitrogens with zero attached hydrogens (tertiary/aromatic N) is 2. The van der Waals surface area contributed by atoms with E-state index in [0.29, 0.717) is 0 Å². The summed E-state index contributed by atoms with van der Waals surface area (Å²) in [4.78, 5) is 0. The zero-order chi connectivity index (χ0) is 18.7. The molecule has 0 radical (unpaired) electrons. The Bertz CT molecular complexity index is 459. The maximum absolute atomic E-state index is 13.4. The third-order valence-electron chi connectivity index (χ3n) is 3.06. The van der Waals surface area contributed by atoms with Gasteiger partial charge in [-0.15, -0.1) is 0 Å². The van der Waals surface area contributed by atoms with Gasteiger partial charge in [-0.3, -0.25) is 0 Å². The van der Waals surface area contributed by atoms with Crippen LogP contribution in [0.3, 0.4) is 0 Å². The van der Waals surface area contributed by atoms with Crippen LogP contribution in [-0.2, 0) is 0 Å². The highest BCUT2D eigenvalue weighted by Crippen LogP contribution is 2.50. The SMILES string of the molecule is N#CC(C#N)(CCC(F)(F)F)CCC(F)(C(F)(F)F)C(F)(F)F. The van der Waals surface area contributed by atoms with E-state index in [4.69, 9.17) is 10.5 Å². The Labute approximate surface area is 123 Å². The predicted octanol–water partition coefficient (Wildman–Crippen LogP) is 4.98. The summed E-state index contributed by atoms with van der Waals surface area (Å²) in [5.74, 6) is 0. The monoisotopic (exact) mass is 358 g/mol. The fraction of sp³-hybridized carbons (Fsp3) is 0.818. The zero-order valence-corrected chi connectivity index (χ0v) is 11.0. The first kappa shape index (κ1) is 21.3. The van der Waals surface area contributed by atoms with Gasteiger partial charge in [0.1, 0.15) is 5.41 Å². The molecule has 0 atom stereocenters. The van der Waals surface area contributed by atoms with Crippen LogP contribution in [0.1, 0.15) is 25.7 Å². The molecule has 0 saturated heterocycles. The molecule has 0 unspecified atom stereocenters. The molecule has 0 aromatic carbocycles. The zero-order valence-electron chi connectivity index (χ0n) is 11.0. The second-order valence-electron chi connectivity index (χ2n) is 4.72. The lowest BCUT2D eigenvalue weighted by atomic mass is 9.78. The first-order chi connectivity index (χ1) is 10.0. The molecule has 0 aromatic heterocycles. The Morgan fingerprint density at radius 2 is 0.913 bits per heavy atom. The highest BCUT2D eigenvalue weighted by molar-refractivity contribution is 5.14. The van der Waals surface area contributed by atoms with Crippen LogP contribution in [-0.4, -0.2) is 24.2 Å². The molecular formula is C11H8F10N2. The van der Waals surface area contributed by atoms with Crippen molar-refractivity contribution in [2.24, 2.45) is 5.41 Å². The number of hydrogen-bond donors (Lipinski definition) is 0. The van der Waals surface area contributed by atoms with Gasteiger partial charge >= 0.3 is 18.5 Å². The average Bonchev–Trinajstić information content (AvgIpc) is 2.35. The smallest absolute Gasteiger partial charge is 0.224 e. The lowest BCUT2D eigenvalue weighted by Crippen LogP contribution is -2.53. The molecule has 0 heterocycles. The van der Waals surface area contributed by atoms with Crippen LogP contribution < -0.4 is 0 Å². The van der Waals surface area contributed by atoms with Gasteiger partial charge in [0.25, 0.3) is 5.67 Å². The maximum atomic E-state index is 13.4. The van der Waals surface area contributed by atoms with E-state index in [0.717, 1.165) is 12.1 Å². The van der Waals surface area contributed by atoms with Gasteiger partial charge in [0, 0.05) is 12.8 Å². The quantitative estimate of drug-likeness (QED) is 0.651. The summed E-state index contributed by atoms with van der Waals surface area (Å²) in [6.07, 6.45) is -24.9. The van der Waals surface area contributed by atoms with Gasteiger partial charge in [-0.2, -0.15) is 50.0 Å². The third kappa shape index (κ3) is 5.15. The first-order valence-corrected chi connectivity index (χ1v) is 5.75.